The third kappa shape index (κ3) is 4.78. The Hall–Kier alpha value is -0.170. The molecule has 1 heterocycles. The van der Waals surface area contributed by atoms with Gasteiger partial charge in [0.15, 0.2) is 0 Å². The fraction of sp³-hybridized carbons (Fsp3) is 1.00. The second kappa shape index (κ2) is 6.54. The van der Waals surface area contributed by atoms with E-state index in [1.165, 1.54) is 0 Å². The molecule has 16 heavy (non-hydrogen) atoms. The van der Waals surface area contributed by atoms with Crippen molar-refractivity contribution in [1.29, 1.82) is 0 Å². The molecule has 0 aromatic carbocycles. The predicted octanol–water partition coefficient (Wildman–Crippen LogP) is -0.0597. The largest absolute Gasteiger partial charge is 0.381 e. The van der Waals surface area contributed by atoms with Crippen LogP contribution in [0, 0.1) is 5.92 Å². The molecular formula is C10H22N2O3S. The van der Waals surface area contributed by atoms with Gasteiger partial charge >= 0.3 is 0 Å². The zero-order valence-corrected chi connectivity index (χ0v) is 10.8. The van der Waals surface area contributed by atoms with Crippen molar-refractivity contribution in [3.05, 3.63) is 0 Å². The molecule has 0 aliphatic carbocycles. The van der Waals surface area contributed by atoms with Crippen molar-refractivity contribution >= 4 is 10.0 Å². The first kappa shape index (κ1) is 13.9. The van der Waals surface area contributed by atoms with Gasteiger partial charge in [-0.15, -0.1) is 0 Å². The summed E-state index contributed by atoms with van der Waals surface area (Å²) < 4.78 is 30.1. The van der Waals surface area contributed by atoms with Crippen molar-refractivity contribution in [2.24, 2.45) is 5.92 Å². The van der Waals surface area contributed by atoms with Gasteiger partial charge in [0.2, 0.25) is 10.0 Å². The third-order valence-electron chi connectivity index (χ3n) is 2.97. The molecule has 2 unspecified atom stereocenters. The molecule has 2 atom stereocenters. The van der Waals surface area contributed by atoms with E-state index >= 15 is 0 Å². The van der Waals surface area contributed by atoms with Crippen LogP contribution in [0.5, 0.6) is 0 Å². The lowest BCUT2D eigenvalue weighted by Gasteiger charge is -2.19. The zero-order chi connectivity index (χ0) is 12.0. The lowest BCUT2D eigenvalue weighted by Crippen LogP contribution is -2.39. The van der Waals surface area contributed by atoms with Crippen LogP contribution in [0.25, 0.3) is 0 Å². The molecule has 2 N–H and O–H groups in total. The minimum absolute atomic E-state index is 0.138. The molecule has 0 bridgehead atoms. The summed E-state index contributed by atoms with van der Waals surface area (Å²) in [6, 6.07) is 0.383. The molecule has 0 radical (unpaired) electrons. The zero-order valence-electron chi connectivity index (χ0n) is 10.0. The van der Waals surface area contributed by atoms with E-state index in [-0.39, 0.29) is 5.75 Å². The Morgan fingerprint density at radius 3 is 2.75 bits per heavy atom. The van der Waals surface area contributed by atoms with Crippen LogP contribution >= 0.6 is 0 Å². The van der Waals surface area contributed by atoms with E-state index in [0.29, 0.717) is 25.0 Å². The SMILES string of the molecule is CCS(=O)(=O)NCCNC(C)C1CCOC1. The van der Waals surface area contributed by atoms with Gasteiger partial charge in [0, 0.05) is 25.7 Å². The molecule has 0 aromatic heterocycles. The molecule has 1 rings (SSSR count). The Kier molecular flexibility index (Phi) is 5.68. The van der Waals surface area contributed by atoms with E-state index in [4.69, 9.17) is 4.74 Å². The van der Waals surface area contributed by atoms with E-state index in [1.807, 2.05) is 0 Å². The Balaban J connectivity index is 2.11. The molecule has 1 fully saturated rings. The highest BCUT2D eigenvalue weighted by Crippen LogP contribution is 2.15. The summed E-state index contributed by atoms with van der Waals surface area (Å²) in [7, 11) is -3.05. The Morgan fingerprint density at radius 1 is 1.44 bits per heavy atom. The van der Waals surface area contributed by atoms with Crippen molar-refractivity contribution in [1.82, 2.24) is 10.0 Å². The number of ether oxygens (including phenoxy) is 1. The second-order valence-corrected chi connectivity index (χ2v) is 6.26. The molecule has 5 nitrogen and oxygen atoms in total. The number of hydrogen-bond donors (Lipinski definition) is 2. The van der Waals surface area contributed by atoms with Crippen LogP contribution in [-0.4, -0.2) is 46.5 Å². The van der Waals surface area contributed by atoms with E-state index in [1.54, 1.807) is 6.92 Å². The van der Waals surface area contributed by atoms with E-state index in [2.05, 4.69) is 17.0 Å². The number of nitrogens with one attached hydrogen (secondary N) is 2. The normalized spacial score (nSPS) is 23.5. The molecule has 0 saturated carbocycles. The fourth-order valence-corrected chi connectivity index (χ4v) is 2.34. The van der Waals surface area contributed by atoms with Gasteiger partial charge in [-0.25, -0.2) is 13.1 Å². The van der Waals surface area contributed by atoms with Gasteiger partial charge in [0.05, 0.1) is 12.4 Å². The number of hydrogen-bond acceptors (Lipinski definition) is 4. The molecule has 0 aromatic rings. The summed E-state index contributed by atoms with van der Waals surface area (Å²) in [5.41, 5.74) is 0. The van der Waals surface area contributed by atoms with Crippen molar-refractivity contribution in [3.63, 3.8) is 0 Å². The molecule has 0 amide bonds. The molecular weight excluding hydrogens is 228 g/mol. The van der Waals surface area contributed by atoms with Gasteiger partial charge in [0.25, 0.3) is 0 Å². The Labute approximate surface area is 98.0 Å². The first-order valence-electron chi connectivity index (χ1n) is 5.83. The maximum absolute atomic E-state index is 11.1. The molecule has 1 aliphatic heterocycles. The highest BCUT2D eigenvalue weighted by atomic mass is 32.2. The number of sulfonamides is 1. The van der Waals surface area contributed by atoms with E-state index in [0.717, 1.165) is 19.6 Å². The average molecular weight is 250 g/mol. The maximum atomic E-state index is 11.1. The summed E-state index contributed by atoms with van der Waals surface area (Å²) in [5.74, 6) is 0.696. The van der Waals surface area contributed by atoms with Gasteiger partial charge in [-0.3, -0.25) is 0 Å². The van der Waals surface area contributed by atoms with Crippen LogP contribution < -0.4 is 10.0 Å². The second-order valence-electron chi connectivity index (χ2n) is 4.16. The lowest BCUT2D eigenvalue weighted by atomic mass is 10.0. The van der Waals surface area contributed by atoms with Gasteiger partial charge < -0.3 is 10.1 Å². The van der Waals surface area contributed by atoms with Gasteiger partial charge in [0.1, 0.15) is 0 Å². The maximum Gasteiger partial charge on any atom is 0.211 e. The highest BCUT2D eigenvalue weighted by Gasteiger charge is 2.21. The van der Waals surface area contributed by atoms with Gasteiger partial charge in [-0.2, -0.15) is 0 Å². The fourth-order valence-electron chi connectivity index (χ4n) is 1.72. The molecule has 96 valence electrons. The Morgan fingerprint density at radius 2 is 2.19 bits per heavy atom. The van der Waals surface area contributed by atoms with Crippen LogP contribution in [0.15, 0.2) is 0 Å². The van der Waals surface area contributed by atoms with Crippen molar-refractivity contribution in [2.75, 3.05) is 32.1 Å². The topological polar surface area (TPSA) is 67.4 Å². The first-order valence-corrected chi connectivity index (χ1v) is 7.49. The van der Waals surface area contributed by atoms with Crippen LogP contribution in [0.1, 0.15) is 20.3 Å². The molecule has 6 heteroatoms. The highest BCUT2D eigenvalue weighted by molar-refractivity contribution is 7.89. The van der Waals surface area contributed by atoms with Crippen LogP contribution in [0.4, 0.5) is 0 Å². The van der Waals surface area contributed by atoms with E-state index < -0.39 is 10.0 Å². The quantitative estimate of drug-likeness (QED) is 0.621. The molecule has 1 aliphatic rings. The Bertz CT molecular complexity index is 286. The monoisotopic (exact) mass is 250 g/mol. The minimum Gasteiger partial charge on any atom is -0.381 e. The minimum atomic E-state index is -3.05. The van der Waals surface area contributed by atoms with Crippen LogP contribution in [-0.2, 0) is 14.8 Å². The summed E-state index contributed by atoms with van der Waals surface area (Å²) >= 11 is 0. The van der Waals surface area contributed by atoms with Gasteiger partial charge in [-0.1, -0.05) is 0 Å². The van der Waals surface area contributed by atoms with E-state index in [9.17, 15) is 8.42 Å². The summed E-state index contributed by atoms with van der Waals surface area (Å²) in [6.45, 7) is 6.53. The molecule has 0 spiro atoms. The summed E-state index contributed by atoms with van der Waals surface area (Å²) in [6.07, 6.45) is 1.09. The van der Waals surface area contributed by atoms with Gasteiger partial charge in [-0.05, 0) is 26.2 Å². The van der Waals surface area contributed by atoms with Crippen molar-refractivity contribution < 1.29 is 13.2 Å². The molecule has 1 saturated heterocycles. The smallest absolute Gasteiger partial charge is 0.211 e. The number of rotatable bonds is 7. The standard InChI is InChI=1S/C10H22N2O3S/c1-3-16(13,14)12-6-5-11-9(2)10-4-7-15-8-10/h9-12H,3-8H2,1-2H3. The first-order chi connectivity index (χ1) is 7.55. The summed E-state index contributed by atoms with van der Waals surface area (Å²) in [5, 5.41) is 3.31. The average Bonchev–Trinajstić information content (AvgIpc) is 2.77. The summed E-state index contributed by atoms with van der Waals surface area (Å²) in [4.78, 5) is 0. The predicted molar refractivity (Wildman–Crippen MR) is 63.9 cm³/mol. The third-order valence-corrected chi connectivity index (χ3v) is 4.37. The van der Waals surface area contributed by atoms with Crippen LogP contribution in [0.2, 0.25) is 0 Å². The lowest BCUT2D eigenvalue weighted by molar-refractivity contribution is 0.178. The van der Waals surface area contributed by atoms with Crippen LogP contribution in [0.3, 0.4) is 0 Å². The van der Waals surface area contributed by atoms with Crippen molar-refractivity contribution in [3.8, 4) is 0 Å². The van der Waals surface area contributed by atoms with Crippen molar-refractivity contribution in [2.45, 2.75) is 26.3 Å².